The molecule has 17 heavy (non-hydrogen) atoms. The summed E-state index contributed by atoms with van der Waals surface area (Å²) in [4.78, 5) is 0. The molecule has 1 rings (SSSR count). The van der Waals surface area contributed by atoms with E-state index in [1.165, 1.54) is 5.56 Å². The highest BCUT2D eigenvalue weighted by Crippen LogP contribution is 2.31. The molecule has 1 unspecified atom stereocenters. The maximum Gasteiger partial charge on any atom is 0.0424 e. The van der Waals surface area contributed by atoms with Gasteiger partial charge >= 0.3 is 0 Å². The second-order valence-corrected chi connectivity index (χ2v) is 5.19. The Hall–Kier alpha value is -0.240. The van der Waals surface area contributed by atoms with Gasteiger partial charge in [-0.15, -0.1) is 0 Å². The zero-order valence-electron chi connectivity index (χ0n) is 10.8. The molecule has 1 N–H and O–H groups in total. The summed E-state index contributed by atoms with van der Waals surface area (Å²) in [6.45, 7) is 7.53. The van der Waals surface area contributed by atoms with E-state index in [2.05, 4.69) is 26.1 Å². The number of benzene rings is 1. The minimum Gasteiger partial charge on any atom is -0.310 e. The van der Waals surface area contributed by atoms with E-state index in [0.717, 1.165) is 19.4 Å². The third-order valence-electron chi connectivity index (χ3n) is 3.19. The van der Waals surface area contributed by atoms with Gasteiger partial charge in [0.1, 0.15) is 0 Å². The average Bonchev–Trinajstić information content (AvgIpc) is 2.28. The summed E-state index contributed by atoms with van der Waals surface area (Å²) in [7, 11) is 0. The summed E-state index contributed by atoms with van der Waals surface area (Å²) >= 11 is 12.1. The lowest BCUT2D eigenvalue weighted by Crippen LogP contribution is -2.27. The van der Waals surface area contributed by atoms with Crippen LogP contribution in [-0.2, 0) is 0 Å². The molecule has 0 fully saturated rings. The first-order valence-electron chi connectivity index (χ1n) is 6.31. The summed E-state index contributed by atoms with van der Waals surface area (Å²) in [6, 6.07) is 6.15. The molecule has 0 aliphatic heterocycles. The monoisotopic (exact) mass is 273 g/mol. The van der Waals surface area contributed by atoms with Crippen LogP contribution in [0.15, 0.2) is 18.2 Å². The molecule has 0 radical (unpaired) electrons. The highest BCUT2D eigenvalue weighted by atomic mass is 35.5. The van der Waals surface area contributed by atoms with Crippen LogP contribution in [0.2, 0.25) is 10.0 Å². The van der Waals surface area contributed by atoms with Crippen molar-refractivity contribution in [2.45, 2.75) is 39.7 Å². The summed E-state index contributed by atoms with van der Waals surface area (Å²) in [5.41, 5.74) is 1.19. The van der Waals surface area contributed by atoms with Crippen LogP contribution in [0.1, 0.15) is 45.2 Å². The predicted octanol–water partition coefficient (Wildman–Crippen LogP) is 5.08. The van der Waals surface area contributed by atoms with Gasteiger partial charge in [0, 0.05) is 16.1 Å². The average molecular weight is 274 g/mol. The Kier molecular flexibility index (Phi) is 6.32. The van der Waals surface area contributed by atoms with Crippen LogP contribution in [0.3, 0.4) is 0 Å². The van der Waals surface area contributed by atoms with E-state index in [4.69, 9.17) is 23.2 Å². The van der Waals surface area contributed by atoms with Crippen molar-refractivity contribution in [1.82, 2.24) is 5.32 Å². The maximum atomic E-state index is 6.07. The number of nitrogens with one attached hydrogen (secondary N) is 1. The van der Waals surface area contributed by atoms with Gasteiger partial charge in [-0.2, -0.15) is 0 Å². The van der Waals surface area contributed by atoms with Crippen LogP contribution >= 0.6 is 23.2 Å². The van der Waals surface area contributed by atoms with Gasteiger partial charge in [-0.3, -0.25) is 0 Å². The lowest BCUT2D eigenvalue weighted by Gasteiger charge is -2.27. The van der Waals surface area contributed by atoms with Crippen molar-refractivity contribution in [2.24, 2.45) is 5.92 Å². The lowest BCUT2D eigenvalue weighted by atomic mass is 9.89. The zero-order valence-corrected chi connectivity index (χ0v) is 12.3. The number of halogens is 2. The molecule has 3 heteroatoms. The topological polar surface area (TPSA) is 12.0 Å². The molecule has 0 heterocycles. The Bertz CT molecular complexity index is 328. The summed E-state index contributed by atoms with van der Waals surface area (Å²) < 4.78 is 0. The maximum absolute atomic E-state index is 6.07. The Labute approximate surface area is 115 Å². The van der Waals surface area contributed by atoms with Gasteiger partial charge in [0.25, 0.3) is 0 Å². The normalized spacial score (nSPS) is 13.1. The SMILES string of the molecule is CCNC(c1cc(Cl)cc(Cl)c1)C(CC)CC. The van der Waals surface area contributed by atoms with Crippen LogP contribution in [0.5, 0.6) is 0 Å². The van der Waals surface area contributed by atoms with Gasteiger partial charge in [0.2, 0.25) is 0 Å². The first kappa shape index (κ1) is 14.8. The summed E-state index contributed by atoms with van der Waals surface area (Å²) in [6.07, 6.45) is 2.30. The molecular formula is C14H21Cl2N. The molecule has 0 bridgehead atoms. The van der Waals surface area contributed by atoms with Crippen LogP contribution < -0.4 is 5.32 Å². The molecule has 0 spiro atoms. The van der Waals surface area contributed by atoms with E-state index >= 15 is 0 Å². The quantitative estimate of drug-likeness (QED) is 0.762. The van der Waals surface area contributed by atoms with Crippen LogP contribution in [0, 0.1) is 5.92 Å². The summed E-state index contributed by atoms with van der Waals surface area (Å²) in [5.74, 6) is 0.615. The number of rotatable bonds is 6. The first-order chi connectivity index (χ1) is 8.12. The Morgan fingerprint density at radius 2 is 1.53 bits per heavy atom. The number of hydrogen-bond acceptors (Lipinski definition) is 1. The molecule has 1 atom stereocenters. The highest BCUT2D eigenvalue weighted by Gasteiger charge is 2.20. The standard InChI is InChI=1S/C14H21Cl2N/c1-4-10(5-2)14(17-6-3)11-7-12(15)9-13(16)8-11/h7-10,14,17H,4-6H2,1-3H3. The Morgan fingerprint density at radius 3 is 1.94 bits per heavy atom. The van der Waals surface area contributed by atoms with Crippen molar-refractivity contribution in [2.75, 3.05) is 6.54 Å². The molecule has 0 aromatic heterocycles. The van der Waals surface area contributed by atoms with Crippen LogP contribution in [0.25, 0.3) is 0 Å². The smallest absolute Gasteiger partial charge is 0.0424 e. The molecule has 1 aromatic carbocycles. The lowest BCUT2D eigenvalue weighted by molar-refractivity contribution is 0.346. The van der Waals surface area contributed by atoms with Gasteiger partial charge in [-0.05, 0) is 36.2 Å². The summed E-state index contributed by atoms with van der Waals surface area (Å²) in [5, 5.41) is 4.96. The van der Waals surface area contributed by atoms with Crippen molar-refractivity contribution in [3.05, 3.63) is 33.8 Å². The van der Waals surface area contributed by atoms with E-state index in [9.17, 15) is 0 Å². The van der Waals surface area contributed by atoms with Crippen molar-refractivity contribution < 1.29 is 0 Å². The van der Waals surface area contributed by atoms with Crippen LogP contribution in [-0.4, -0.2) is 6.54 Å². The molecule has 1 nitrogen and oxygen atoms in total. The van der Waals surface area contributed by atoms with E-state index in [1.807, 2.05) is 12.1 Å². The van der Waals surface area contributed by atoms with E-state index < -0.39 is 0 Å². The molecule has 1 aromatic rings. The van der Waals surface area contributed by atoms with Gasteiger partial charge in [0.05, 0.1) is 0 Å². The van der Waals surface area contributed by atoms with Crippen molar-refractivity contribution in [3.8, 4) is 0 Å². The van der Waals surface area contributed by atoms with E-state index in [-0.39, 0.29) is 0 Å². The minimum absolute atomic E-state index is 0.339. The van der Waals surface area contributed by atoms with Gasteiger partial charge in [-0.1, -0.05) is 56.8 Å². The van der Waals surface area contributed by atoms with Gasteiger partial charge in [-0.25, -0.2) is 0 Å². The molecule has 96 valence electrons. The number of hydrogen-bond donors (Lipinski definition) is 1. The Balaban J connectivity index is 3.03. The molecule has 0 saturated heterocycles. The third-order valence-corrected chi connectivity index (χ3v) is 3.62. The zero-order chi connectivity index (χ0) is 12.8. The molecule has 0 amide bonds. The fourth-order valence-electron chi connectivity index (χ4n) is 2.29. The first-order valence-corrected chi connectivity index (χ1v) is 7.07. The second kappa shape index (κ2) is 7.25. The highest BCUT2D eigenvalue weighted by molar-refractivity contribution is 6.34. The Morgan fingerprint density at radius 1 is 1.00 bits per heavy atom. The molecule has 0 aliphatic rings. The van der Waals surface area contributed by atoms with Crippen molar-refractivity contribution in [1.29, 1.82) is 0 Å². The third kappa shape index (κ3) is 4.17. The second-order valence-electron chi connectivity index (χ2n) is 4.31. The largest absolute Gasteiger partial charge is 0.310 e. The molecule has 0 saturated carbocycles. The van der Waals surface area contributed by atoms with Gasteiger partial charge < -0.3 is 5.32 Å². The fraction of sp³-hybridized carbons (Fsp3) is 0.571. The van der Waals surface area contributed by atoms with Crippen molar-refractivity contribution in [3.63, 3.8) is 0 Å². The molecule has 0 aliphatic carbocycles. The van der Waals surface area contributed by atoms with E-state index in [1.54, 1.807) is 6.07 Å². The fourth-order valence-corrected chi connectivity index (χ4v) is 2.83. The van der Waals surface area contributed by atoms with Crippen molar-refractivity contribution >= 4 is 23.2 Å². The van der Waals surface area contributed by atoms with Gasteiger partial charge in [0.15, 0.2) is 0 Å². The van der Waals surface area contributed by atoms with E-state index in [0.29, 0.717) is 22.0 Å². The molecular weight excluding hydrogens is 253 g/mol. The van der Waals surface area contributed by atoms with Crippen LogP contribution in [0.4, 0.5) is 0 Å². The predicted molar refractivity (Wildman–Crippen MR) is 77.0 cm³/mol. The minimum atomic E-state index is 0.339.